The second kappa shape index (κ2) is 31.8. The predicted molar refractivity (Wildman–Crippen MR) is 303 cm³/mol. The van der Waals surface area contributed by atoms with Crippen molar-refractivity contribution in [2.75, 3.05) is 64.5 Å². The Morgan fingerprint density at radius 2 is 0.925 bits per heavy atom. The molecule has 7 N–H and O–H groups in total. The van der Waals surface area contributed by atoms with E-state index in [2.05, 4.69) is 35.3 Å². The number of hydrogen-bond donors (Lipinski definition) is 6. The number of ether oxygens (including phenoxy) is 6. The van der Waals surface area contributed by atoms with Gasteiger partial charge in [0.2, 0.25) is 20.8 Å². The standard InChI is InChI=1S/C56H73N9O13P2/c1-5-75-52(67)45(31-40-21-13-9-14-22-40)61-79(71,62-46(53(68)76-6-2)32-41-23-15-10-16-24-41)30-29-73-36-44(35-65-38-58-49-50(65)59-56(57)60-51(49)66)37-74-39-80(72,63-47(54(69)77-7-3)33-42-25-17-11-18-26-42)64-48(55(70)78-8-4)34-43-27-19-12-20-28-43/h9-28,38,44-48H,5-8,29-37,39H2,1-4H3,(H2,61,62,71)(H2,63,64,72)(H3,57,59,60,66)/t44?,45-,46-,47-,48-/m0/s1. The summed E-state index contributed by atoms with van der Waals surface area (Å²) in [6.07, 6.45) is 0.907. The van der Waals surface area contributed by atoms with Crippen LogP contribution in [-0.2, 0) is 89.0 Å². The molecule has 0 bridgehead atoms. The third-order valence-electron chi connectivity index (χ3n) is 12.4. The molecule has 6 aromatic rings. The number of nitrogen functional groups attached to an aromatic ring is 1. The number of H-pyrrole nitrogens is 1. The number of rotatable bonds is 35. The number of nitrogens with zero attached hydrogens (tertiary/aromatic N) is 3. The lowest BCUT2D eigenvalue weighted by molar-refractivity contribution is -0.146. The van der Waals surface area contributed by atoms with Crippen molar-refractivity contribution >= 4 is 55.9 Å². The summed E-state index contributed by atoms with van der Waals surface area (Å²) in [6.45, 7) is 6.33. The number of aromatic amines is 1. The molecule has 0 amide bonds. The quantitative estimate of drug-likeness (QED) is 0.0119. The Morgan fingerprint density at radius 3 is 1.30 bits per heavy atom. The van der Waals surface area contributed by atoms with Gasteiger partial charge in [0, 0.05) is 12.5 Å². The molecule has 0 aliphatic heterocycles. The lowest BCUT2D eigenvalue weighted by Gasteiger charge is -2.30. The first-order chi connectivity index (χ1) is 38.6. The second-order valence-corrected chi connectivity index (χ2v) is 23.4. The van der Waals surface area contributed by atoms with Gasteiger partial charge in [0.05, 0.1) is 58.7 Å². The molecule has 430 valence electrons. The van der Waals surface area contributed by atoms with Crippen LogP contribution in [0.4, 0.5) is 5.95 Å². The van der Waals surface area contributed by atoms with E-state index in [-0.39, 0.29) is 102 Å². The van der Waals surface area contributed by atoms with Crippen LogP contribution in [0.2, 0.25) is 0 Å². The molecular weight excluding hydrogens is 1070 g/mol. The Hall–Kier alpha value is -6.87. The van der Waals surface area contributed by atoms with Crippen LogP contribution >= 0.6 is 14.9 Å². The highest BCUT2D eigenvalue weighted by atomic mass is 31.2. The molecule has 0 saturated heterocycles. The number of aromatic nitrogens is 4. The molecule has 0 spiro atoms. The zero-order chi connectivity index (χ0) is 57.3. The van der Waals surface area contributed by atoms with Gasteiger partial charge in [0.15, 0.2) is 11.2 Å². The number of nitrogens with two attached hydrogens (primary N) is 1. The van der Waals surface area contributed by atoms with Crippen LogP contribution in [0.1, 0.15) is 49.9 Å². The lowest BCUT2D eigenvalue weighted by Crippen LogP contribution is -2.46. The molecule has 4 aromatic carbocycles. The number of carbonyl (C=O) groups is 4. The molecular formula is C56H73N9O13P2. The topological polar surface area (TPSA) is 296 Å². The molecule has 0 saturated carbocycles. The minimum atomic E-state index is -4.19. The first-order valence-corrected chi connectivity index (χ1v) is 30.4. The van der Waals surface area contributed by atoms with Crippen molar-refractivity contribution in [3.63, 3.8) is 0 Å². The summed E-state index contributed by atoms with van der Waals surface area (Å²) in [5.74, 6) is -3.50. The van der Waals surface area contributed by atoms with Crippen molar-refractivity contribution in [3.8, 4) is 0 Å². The highest BCUT2D eigenvalue weighted by Crippen LogP contribution is 2.40. The normalized spacial score (nSPS) is 13.7. The maximum Gasteiger partial charge on any atom is 0.323 e. The molecule has 24 heteroatoms. The third-order valence-corrected chi connectivity index (χ3v) is 16.6. The van der Waals surface area contributed by atoms with E-state index in [1.54, 1.807) is 32.3 Å². The Bertz CT molecular complexity index is 2910. The smallest absolute Gasteiger partial charge is 0.323 e. The fourth-order valence-electron chi connectivity index (χ4n) is 8.71. The van der Waals surface area contributed by atoms with Gasteiger partial charge in [0.1, 0.15) is 30.5 Å². The van der Waals surface area contributed by atoms with E-state index in [1.807, 2.05) is 121 Å². The van der Waals surface area contributed by atoms with Gasteiger partial charge in [-0.15, -0.1) is 0 Å². The van der Waals surface area contributed by atoms with Gasteiger partial charge >= 0.3 is 23.9 Å². The number of fused-ring (bicyclic) bond motifs is 1. The van der Waals surface area contributed by atoms with E-state index in [1.165, 1.54) is 6.33 Å². The average molecular weight is 1140 g/mol. The Morgan fingerprint density at radius 1 is 0.562 bits per heavy atom. The molecule has 2 aromatic heterocycles. The van der Waals surface area contributed by atoms with Crippen molar-refractivity contribution in [3.05, 3.63) is 160 Å². The molecule has 5 atom stereocenters. The maximum atomic E-state index is 15.6. The lowest BCUT2D eigenvalue weighted by atomic mass is 10.1. The maximum absolute atomic E-state index is 15.6. The Kier molecular flexibility index (Phi) is 24.8. The van der Waals surface area contributed by atoms with Crippen LogP contribution < -0.4 is 31.6 Å². The predicted octanol–water partition coefficient (Wildman–Crippen LogP) is 5.75. The summed E-state index contributed by atoms with van der Waals surface area (Å²) in [4.78, 5) is 78.5. The largest absolute Gasteiger partial charge is 0.465 e. The van der Waals surface area contributed by atoms with Crippen LogP contribution in [0.5, 0.6) is 0 Å². The minimum Gasteiger partial charge on any atom is -0.465 e. The van der Waals surface area contributed by atoms with Crippen LogP contribution in [-0.4, -0.2) is 126 Å². The summed E-state index contributed by atoms with van der Waals surface area (Å²) in [5.41, 5.74) is 8.58. The average Bonchev–Trinajstić information content (AvgIpc) is 3.86. The Labute approximate surface area is 465 Å². The molecule has 0 aliphatic carbocycles. The van der Waals surface area contributed by atoms with E-state index < -0.39 is 80.8 Å². The summed E-state index contributed by atoms with van der Waals surface area (Å²) >= 11 is 0. The molecule has 1 unspecified atom stereocenters. The zero-order valence-corrected chi connectivity index (χ0v) is 47.3. The van der Waals surface area contributed by atoms with Gasteiger partial charge in [-0.25, -0.2) is 25.3 Å². The molecule has 80 heavy (non-hydrogen) atoms. The molecule has 0 radical (unpaired) electrons. The number of anilines is 1. The van der Waals surface area contributed by atoms with Gasteiger partial charge < -0.3 is 38.7 Å². The van der Waals surface area contributed by atoms with E-state index in [9.17, 15) is 24.0 Å². The highest BCUT2D eigenvalue weighted by molar-refractivity contribution is 7.60. The first kappa shape index (κ1) is 62.3. The van der Waals surface area contributed by atoms with Crippen molar-refractivity contribution in [2.24, 2.45) is 5.92 Å². The molecule has 0 aliphatic rings. The fraction of sp³-hybridized carbons (Fsp3) is 0.411. The van der Waals surface area contributed by atoms with Gasteiger partial charge in [-0.3, -0.25) is 38.1 Å². The monoisotopic (exact) mass is 1140 g/mol. The highest BCUT2D eigenvalue weighted by Gasteiger charge is 2.38. The summed E-state index contributed by atoms with van der Waals surface area (Å²) < 4.78 is 67.2. The molecule has 22 nitrogen and oxygen atoms in total. The van der Waals surface area contributed by atoms with E-state index in [0.29, 0.717) is 0 Å². The van der Waals surface area contributed by atoms with E-state index >= 15 is 9.13 Å². The number of esters is 4. The van der Waals surface area contributed by atoms with Gasteiger partial charge in [-0.1, -0.05) is 121 Å². The zero-order valence-electron chi connectivity index (χ0n) is 45.5. The first-order valence-electron chi connectivity index (χ1n) is 26.6. The van der Waals surface area contributed by atoms with Gasteiger partial charge in [-0.2, -0.15) is 4.98 Å². The van der Waals surface area contributed by atoms with Gasteiger partial charge in [-0.05, 0) is 75.6 Å². The number of carbonyl (C=O) groups excluding carboxylic acids is 4. The Balaban J connectivity index is 1.30. The second-order valence-electron chi connectivity index (χ2n) is 18.7. The van der Waals surface area contributed by atoms with E-state index in [4.69, 9.17) is 34.2 Å². The molecule has 6 rings (SSSR count). The van der Waals surface area contributed by atoms with Crippen LogP contribution in [0.3, 0.4) is 0 Å². The number of hydrogen-bond acceptors (Lipinski definition) is 16. The fourth-order valence-corrected chi connectivity index (χ4v) is 12.8. The summed E-state index contributed by atoms with van der Waals surface area (Å²) in [7, 11) is -8.22. The van der Waals surface area contributed by atoms with Crippen LogP contribution in [0, 0.1) is 5.92 Å². The third kappa shape index (κ3) is 19.7. The SMILES string of the molecule is CCOC(=O)[C@H](Cc1ccccc1)NP(=O)(CCOCC(COCP(=O)(N[C@@H](Cc1ccccc1)C(=O)OCC)N[C@@H](Cc1ccccc1)C(=O)OCC)Cn1cnc2c(=O)[nH]c(N)nc21)N[C@@H](Cc1ccccc1)C(=O)OCC. The summed E-state index contributed by atoms with van der Waals surface area (Å²) in [5, 5.41) is 12.1. The number of nitrogens with one attached hydrogen (secondary N) is 5. The van der Waals surface area contributed by atoms with Crippen LogP contribution in [0.15, 0.2) is 132 Å². The van der Waals surface area contributed by atoms with Crippen molar-refractivity contribution in [2.45, 2.75) is 84.1 Å². The van der Waals surface area contributed by atoms with Crippen molar-refractivity contribution in [1.82, 2.24) is 39.9 Å². The van der Waals surface area contributed by atoms with Gasteiger partial charge in [0.25, 0.3) is 5.56 Å². The van der Waals surface area contributed by atoms with Crippen molar-refractivity contribution < 1.29 is 56.7 Å². The molecule has 2 heterocycles. The summed E-state index contributed by atoms with van der Waals surface area (Å²) in [6, 6.07) is 31.8. The van der Waals surface area contributed by atoms with Crippen molar-refractivity contribution in [1.29, 1.82) is 0 Å². The number of benzene rings is 4. The minimum absolute atomic E-state index is 0.0148. The van der Waals surface area contributed by atoms with E-state index in [0.717, 1.165) is 22.3 Å². The number of imidazole rings is 1. The molecule has 0 fully saturated rings. The van der Waals surface area contributed by atoms with Crippen LogP contribution in [0.25, 0.3) is 11.2 Å².